The number of carbonyl (C=O) groups excluding carboxylic acids is 1. The summed E-state index contributed by atoms with van der Waals surface area (Å²) in [5.74, 6) is 0.427. The molecule has 1 fully saturated rings. The monoisotopic (exact) mass is 268 g/mol. The van der Waals surface area contributed by atoms with E-state index in [1.165, 1.54) is 6.33 Å². The van der Waals surface area contributed by atoms with Crippen LogP contribution >= 0.6 is 0 Å². The van der Waals surface area contributed by atoms with E-state index in [-0.39, 0.29) is 11.8 Å². The van der Waals surface area contributed by atoms with Gasteiger partial charge in [-0.3, -0.25) is 4.79 Å². The highest BCUT2D eigenvalue weighted by Crippen LogP contribution is 2.25. The summed E-state index contributed by atoms with van der Waals surface area (Å²) in [5.41, 5.74) is 2.08. The van der Waals surface area contributed by atoms with Gasteiger partial charge in [0.2, 0.25) is 5.91 Å². The van der Waals surface area contributed by atoms with Crippen LogP contribution in [-0.4, -0.2) is 27.2 Å². The van der Waals surface area contributed by atoms with Gasteiger partial charge in [0.15, 0.2) is 0 Å². The Morgan fingerprint density at radius 1 is 1.35 bits per heavy atom. The zero-order valence-electron chi connectivity index (χ0n) is 11.1. The Morgan fingerprint density at radius 2 is 2.15 bits per heavy atom. The summed E-state index contributed by atoms with van der Waals surface area (Å²) in [7, 11) is 0. The third-order valence-electron chi connectivity index (χ3n) is 3.55. The van der Waals surface area contributed by atoms with E-state index in [1.807, 2.05) is 35.2 Å². The van der Waals surface area contributed by atoms with Gasteiger partial charge in [-0.25, -0.2) is 9.67 Å². The Hall–Kier alpha value is -2.43. The molecule has 0 N–H and O–H groups in total. The summed E-state index contributed by atoms with van der Waals surface area (Å²) in [4.78, 5) is 17.7. The largest absolute Gasteiger partial charge is 0.312 e. The van der Waals surface area contributed by atoms with Gasteiger partial charge in [-0.2, -0.15) is 5.10 Å². The number of carbonyl (C=O) groups is 1. The molecule has 1 saturated heterocycles. The van der Waals surface area contributed by atoms with Crippen LogP contribution in [0.25, 0.3) is 0 Å². The Morgan fingerprint density at radius 3 is 2.75 bits per heavy atom. The molecule has 2 heterocycles. The van der Waals surface area contributed by atoms with Crippen molar-refractivity contribution in [2.75, 3.05) is 11.4 Å². The quantitative estimate of drug-likeness (QED) is 0.795. The fourth-order valence-corrected chi connectivity index (χ4v) is 2.43. The molecule has 0 saturated carbocycles. The van der Waals surface area contributed by atoms with E-state index >= 15 is 0 Å². The summed E-state index contributed by atoms with van der Waals surface area (Å²) in [6.07, 6.45) is 5.63. The molecule has 1 aromatic carbocycles. The molecule has 3 rings (SSSR count). The molecule has 102 valence electrons. The highest BCUT2D eigenvalue weighted by Gasteiger charge is 2.28. The maximum Gasteiger partial charge on any atom is 0.227 e. The highest BCUT2D eigenvalue weighted by atomic mass is 16.2. The van der Waals surface area contributed by atoms with E-state index in [0.717, 1.165) is 17.8 Å². The number of aromatic nitrogens is 3. The Labute approximate surface area is 117 Å². The zero-order valence-corrected chi connectivity index (χ0v) is 11.1. The molecule has 5 nitrogen and oxygen atoms in total. The minimum absolute atomic E-state index is 0.166. The lowest BCUT2D eigenvalue weighted by Gasteiger charge is -2.16. The van der Waals surface area contributed by atoms with Crippen molar-refractivity contribution >= 4 is 11.6 Å². The predicted molar refractivity (Wildman–Crippen MR) is 76.2 cm³/mol. The first-order valence-corrected chi connectivity index (χ1v) is 6.60. The van der Waals surface area contributed by atoms with Crippen LogP contribution in [0.2, 0.25) is 0 Å². The molecule has 1 aliphatic rings. The first-order valence-electron chi connectivity index (χ1n) is 6.60. The number of rotatable bonds is 4. The van der Waals surface area contributed by atoms with Gasteiger partial charge in [0.25, 0.3) is 0 Å². The Balaban J connectivity index is 1.73. The average molecular weight is 268 g/mol. The third kappa shape index (κ3) is 2.47. The number of hydrogen-bond acceptors (Lipinski definition) is 3. The van der Waals surface area contributed by atoms with E-state index in [1.54, 1.807) is 11.0 Å². The molecule has 1 unspecified atom stereocenters. The van der Waals surface area contributed by atoms with Gasteiger partial charge >= 0.3 is 0 Å². The summed E-state index contributed by atoms with van der Waals surface area (Å²) < 4.78 is 1.77. The molecule has 1 amide bonds. The van der Waals surface area contributed by atoms with E-state index in [2.05, 4.69) is 16.7 Å². The molecule has 20 heavy (non-hydrogen) atoms. The number of benzene rings is 1. The third-order valence-corrected chi connectivity index (χ3v) is 3.55. The summed E-state index contributed by atoms with van der Waals surface area (Å²) in [5, 5.41) is 4.07. The molecular weight excluding hydrogens is 252 g/mol. The Bertz CT molecular complexity index is 603. The van der Waals surface area contributed by atoms with Crippen molar-refractivity contribution in [1.82, 2.24) is 14.8 Å². The van der Waals surface area contributed by atoms with Crippen molar-refractivity contribution in [3.05, 3.63) is 55.1 Å². The van der Waals surface area contributed by atoms with Crippen molar-refractivity contribution in [1.29, 1.82) is 0 Å². The number of amides is 1. The van der Waals surface area contributed by atoms with Crippen LogP contribution in [-0.2, 0) is 11.3 Å². The Kier molecular flexibility index (Phi) is 3.33. The molecule has 0 aliphatic carbocycles. The SMILES string of the molecule is C=CC1CC(=O)N(c2ccc(Cn3cncn3)cc2)C1. The first-order chi connectivity index (χ1) is 9.76. The van der Waals surface area contributed by atoms with Gasteiger partial charge in [-0.05, 0) is 17.7 Å². The van der Waals surface area contributed by atoms with Crippen molar-refractivity contribution in [2.45, 2.75) is 13.0 Å². The maximum absolute atomic E-state index is 11.9. The summed E-state index contributed by atoms with van der Waals surface area (Å²) in [6, 6.07) is 8.00. The minimum atomic E-state index is 0.166. The van der Waals surface area contributed by atoms with Crippen LogP contribution in [0.5, 0.6) is 0 Å². The van der Waals surface area contributed by atoms with Crippen LogP contribution in [0.4, 0.5) is 5.69 Å². The molecule has 0 spiro atoms. The fourth-order valence-electron chi connectivity index (χ4n) is 2.43. The lowest BCUT2D eigenvalue weighted by atomic mass is 10.1. The van der Waals surface area contributed by atoms with Gasteiger partial charge < -0.3 is 4.90 Å². The zero-order chi connectivity index (χ0) is 13.9. The van der Waals surface area contributed by atoms with Crippen LogP contribution in [0, 0.1) is 5.92 Å². The lowest BCUT2D eigenvalue weighted by molar-refractivity contribution is -0.117. The van der Waals surface area contributed by atoms with Crippen LogP contribution in [0.1, 0.15) is 12.0 Å². The van der Waals surface area contributed by atoms with Crippen LogP contribution < -0.4 is 4.90 Å². The van der Waals surface area contributed by atoms with Gasteiger partial charge in [0.05, 0.1) is 6.54 Å². The van der Waals surface area contributed by atoms with Crippen molar-refractivity contribution in [2.24, 2.45) is 5.92 Å². The van der Waals surface area contributed by atoms with E-state index in [9.17, 15) is 4.79 Å². The molecule has 1 aliphatic heterocycles. The fraction of sp³-hybridized carbons (Fsp3) is 0.267. The normalized spacial score (nSPS) is 18.5. The number of nitrogens with zero attached hydrogens (tertiary/aromatic N) is 4. The smallest absolute Gasteiger partial charge is 0.227 e. The van der Waals surface area contributed by atoms with Crippen LogP contribution in [0.3, 0.4) is 0 Å². The van der Waals surface area contributed by atoms with Crippen molar-refractivity contribution in [3.63, 3.8) is 0 Å². The predicted octanol–water partition coefficient (Wildman–Crippen LogP) is 1.87. The lowest BCUT2D eigenvalue weighted by Crippen LogP contribution is -2.24. The maximum atomic E-state index is 11.9. The second-order valence-corrected chi connectivity index (χ2v) is 4.96. The summed E-state index contributed by atoms with van der Waals surface area (Å²) in [6.45, 7) is 5.18. The second kappa shape index (κ2) is 5.28. The average Bonchev–Trinajstić information content (AvgIpc) is 3.09. The van der Waals surface area contributed by atoms with Crippen LogP contribution in [0.15, 0.2) is 49.6 Å². The molecule has 0 radical (unpaired) electrons. The van der Waals surface area contributed by atoms with E-state index in [4.69, 9.17) is 0 Å². The topological polar surface area (TPSA) is 51.0 Å². The first kappa shape index (κ1) is 12.6. The van der Waals surface area contributed by atoms with Gasteiger partial charge in [-0.15, -0.1) is 6.58 Å². The number of anilines is 1. The molecular formula is C15H16N4O. The van der Waals surface area contributed by atoms with Gasteiger partial charge in [-0.1, -0.05) is 18.2 Å². The highest BCUT2D eigenvalue weighted by molar-refractivity contribution is 5.95. The van der Waals surface area contributed by atoms with Crippen molar-refractivity contribution in [3.8, 4) is 0 Å². The number of hydrogen-bond donors (Lipinski definition) is 0. The van der Waals surface area contributed by atoms with Crippen molar-refractivity contribution < 1.29 is 4.79 Å². The standard InChI is InChI=1S/C15H16N4O/c1-2-12-7-15(20)19(9-12)14-5-3-13(4-6-14)8-18-11-16-10-17-18/h2-6,10-12H,1,7-9H2. The second-order valence-electron chi connectivity index (χ2n) is 4.96. The van der Waals surface area contributed by atoms with E-state index < -0.39 is 0 Å². The molecule has 1 aromatic heterocycles. The molecule has 2 aromatic rings. The molecule has 1 atom stereocenters. The van der Waals surface area contributed by atoms with Gasteiger partial charge in [0.1, 0.15) is 12.7 Å². The van der Waals surface area contributed by atoms with E-state index in [0.29, 0.717) is 13.0 Å². The molecule has 5 heteroatoms. The minimum Gasteiger partial charge on any atom is -0.312 e. The summed E-state index contributed by atoms with van der Waals surface area (Å²) >= 11 is 0. The molecule has 0 bridgehead atoms. The van der Waals surface area contributed by atoms with Gasteiger partial charge in [0, 0.05) is 24.6 Å².